The maximum Gasteiger partial charge on any atom is 0.233 e. The highest BCUT2D eigenvalue weighted by Crippen LogP contribution is 2.26. The average Bonchev–Trinajstić information content (AvgIpc) is 3.48. The first-order chi connectivity index (χ1) is 15.3. The number of amides is 1. The monoisotopic (exact) mass is 446 g/mol. The first kappa shape index (κ1) is 20.0. The van der Waals surface area contributed by atoms with Gasteiger partial charge in [-0.15, -0.1) is 21.5 Å². The third kappa shape index (κ3) is 4.43. The smallest absolute Gasteiger partial charge is 0.233 e. The van der Waals surface area contributed by atoms with Crippen molar-refractivity contribution in [1.29, 1.82) is 0 Å². The SMILES string of the molecule is O=C(CSc1nnc(Cc2cccs2)n1-c1ccccc1)N1CCc2ccccc2C1. The number of carbonyl (C=O) groups is 1. The van der Waals surface area contributed by atoms with Crippen molar-refractivity contribution in [3.05, 3.63) is 93.9 Å². The molecule has 5 rings (SSSR count). The summed E-state index contributed by atoms with van der Waals surface area (Å²) in [6, 6.07) is 22.7. The molecule has 31 heavy (non-hydrogen) atoms. The van der Waals surface area contributed by atoms with Crippen LogP contribution in [0.3, 0.4) is 0 Å². The van der Waals surface area contributed by atoms with Crippen LogP contribution in [0.1, 0.15) is 21.8 Å². The minimum absolute atomic E-state index is 0.141. The summed E-state index contributed by atoms with van der Waals surface area (Å²) in [5.74, 6) is 1.38. The van der Waals surface area contributed by atoms with Gasteiger partial charge in [0.25, 0.3) is 0 Å². The summed E-state index contributed by atoms with van der Waals surface area (Å²) < 4.78 is 2.07. The highest BCUT2D eigenvalue weighted by Gasteiger charge is 2.22. The van der Waals surface area contributed by atoms with Gasteiger partial charge in [-0.3, -0.25) is 9.36 Å². The number of hydrogen-bond donors (Lipinski definition) is 0. The van der Waals surface area contributed by atoms with Crippen LogP contribution < -0.4 is 0 Å². The summed E-state index contributed by atoms with van der Waals surface area (Å²) in [7, 11) is 0. The molecule has 2 aromatic carbocycles. The molecule has 1 amide bonds. The van der Waals surface area contributed by atoms with E-state index in [1.165, 1.54) is 27.8 Å². The summed E-state index contributed by atoms with van der Waals surface area (Å²) in [5.41, 5.74) is 3.61. The van der Waals surface area contributed by atoms with Gasteiger partial charge in [0.05, 0.1) is 5.75 Å². The molecule has 0 saturated carbocycles. The Morgan fingerprint density at radius 1 is 0.968 bits per heavy atom. The van der Waals surface area contributed by atoms with Crippen LogP contribution in [0.4, 0.5) is 0 Å². The molecule has 0 saturated heterocycles. The summed E-state index contributed by atoms with van der Waals surface area (Å²) >= 11 is 3.17. The topological polar surface area (TPSA) is 51.0 Å². The zero-order chi connectivity index (χ0) is 21.0. The number of thiophene rings is 1. The van der Waals surface area contributed by atoms with E-state index in [2.05, 4.69) is 56.5 Å². The van der Waals surface area contributed by atoms with E-state index in [-0.39, 0.29) is 5.91 Å². The molecular formula is C24H22N4OS2. The van der Waals surface area contributed by atoms with E-state index in [0.717, 1.165) is 36.1 Å². The Kier molecular flexibility index (Phi) is 5.86. The Labute approximate surface area is 189 Å². The molecule has 3 heterocycles. The second-order valence-corrected chi connectivity index (χ2v) is 9.42. The average molecular weight is 447 g/mol. The second kappa shape index (κ2) is 9.08. The summed E-state index contributed by atoms with van der Waals surface area (Å²) in [5, 5.41) is 11.7. The first-order valence-electron chi connectivity index (χ1n) is 10.3. The lowest BCUT2D eigenvalue weighted by atomic mass is 10.00. The number of aromatic nitrogens is 3. The van der Waals surface area contributed by atoms with Crippen molar-refractivity contribution in [3.8, 4) is 5.69 Å². The molecule has 156 valence electrons. The lowest BCUT2D eigenvalue weighted by molar-refractivity contribution is -0.129. The number of para-hydroxylation sites is 1. The van der Waals surface area contributed by atoms with Gasteiger partial charge in [0.15, 0.2) is 5.16 Å². The van der Waals surface area contributed by atoms with Crippen LogP contribution in [-0.4, -0.2) is 37.9 Å². The molecule has 5 nitrogen and oxygen atoms in total. The van der Waals surface area contributed by atoms with E-state index in [0.29, 0.717) is 12.3 Å². The maximum absolute atomic E-state index is 12.9. The lowest BCUT2D eigenvalue weighted by Crippen LogP contribution is -2.37. The van der Waals surface area contributed by atoms with Gasteiger partial charge in [-0.2, -0.15) is 0 Å². The van der Waals surface area contributed by atoms with Crippen molar-refractivity contribution in [2.45, 2.75) is 24.5 Å². The van der Waals surface area contributed by atoms with Gasteiger partial charge in [-0.1, -0.05) is 60.3 Å². The highest BCUT2D eigenvalue weighted by molar-refractivity contribution is 7.99. The molecule has 1 aliphatic rings. The number of thioether (sulfide) groups is 1. The van der Waals surface area contributed by atoms with E-state index < -0.39 is 0 Å². The lowest BCUT2D eigenvalue weighted by Gasteiger charge is -2.28. The number of nitrogens with zero attached hydrogens (tertiary/aromatic N) is 4. The predicted octanol–water partition coefficient (Wildman–Crippen LogP) is 4.60. The Hall–Kier alpha value is -2.90. The highest BCUT2D eigenvalue weighted by atomic mass is 32.2. The van der Waals surface area contributed by atoms with Crippen molar-refractivity contribution in [2.75, 3.05) is 12.3 Å². The van der Waals surface area contributed by atoms with Crippen molar-refractivity contribution in [3.63, 3.8) is 0 Å². The standard InChI is InChI=1S/C24H22N4OS2/c29-23(27-13-12-18-7-4-5-8-19(18)16-27)17-31-24-26-25-22(15-21-11-6-14-30-21)28(24)20-9-2-1-3-10-20/h1-11,14H,12-13,15-17H2. The van der Waals surface area contributed by atoms with E-state index in [4.69, 9.17) is 0 Å². The van der Waals surface area contributed by atoms with Crippen LogP contribution >= 0.6 is 23.1 Å². The Morgan fingerprint density at radius 3 is 2.58 bits per heavy atom. The van der Waals surface area contributed by atoms with E-state index >= 15 is 0 Å². The van der Waals surface area contributed by atoms with Gasteiger partial charge < -0.3 is 4.90 Å². The third-order valence-electron chi connectivity index (χ3n) is 5.44. The zero-order valence-electron chi connectivity index (χ0n) is 17.0. The molecule has 0 bridgehead atoms. The van der Waals surface area contributed by atoms with Crippen molar-refractivity contribution in [1.82, 2.24) is 19.7 Å². The number of carbonyl (C=O) groups excluding carboxylic acids is 1. The van der Waals surface area contributed by atoms with Gasteiger partial charge >= 0.3 is 0 Å². The fourth-order valence-corrected chi connectivity index (χ4v) is 5.41. The molecule has 7 heteroatoms. The molecule has 0 atom stereocenters. The van der Waals surface area contributed by atoms with Crippen molar-refractivity contribution < 1.29 is 4.79 Å². The van der Waals surface area contributed by atoms with Crippen LogP contribution in [0.15, 0.2) is 77.3 Å². The number of fused-ring (bicyclic) bond motifs is 1. The van der Waals surface area contributed by atoms with Gasteiger partial charge in [-0.05, 0) is 41.1 Å². The van der Waals surface area contributed by atoms with Crippen LogP contribution in [0.2, 0.25) is 0 Å². The maximum atomic E-state index is 12.9. The largest absolute Gasteiger partial charge is 0.337 e. The molecular weight excluding hydrogens is 424 g/mol. The molecule has 0 spiro atoms. The molecule has 1 aliphatic heterocycles. The van der Waals surface area contributed by atoms with Gasteiger partial charge in [-0.25, -0.2) is 0 Å². The number of hydrogen-bond acceptors (Lipinski definition) is 5. The minimum Gasteiger partial charge on any atom is -0.337 e. The van der Waals surface area contributed by atoms with Crippen LogP contribution in [-0.2, 0) is 24.2 Å². The van der Waals surface area contributed by atoms with Crippen molar-refractivity contribution >= 4 is 29.0 Å². The van der Waals surface area contributed by atoms with Gasteiger partial charge in [0, 0.05) is 30.1 Å². The quantitative estimate of drug-likeness (QED) is 0.406. The van der Waals surface area contributed by atoms with Crippen molar-refractivity contribution in [2.24, 2.45) is 0 Å². The summed E-state index contributed by atoms with van der Waals surface area (Å²) in [4.78, 5) is 16.1. The first-order valence-corrected chi connectivity index (χ1v) is 12.1. The molecule has 0 fully saturated rings. The molecule has 4 aromatic rings. The molecule has 0 unspecified atom stereocenters. The predicted molar refractivity (Wildman–Crippen MR) is 125 cm³/mol. The van der Waals surface area contributed by atoms with Gasteiger partial charge in [0.2, 0.25) is 5.91 Å². The van der Waals surface area contributed by atoms with E-state index in [9.17, 15) is 4.79 Å². The molecule has 0 N–H and O–H groups in total. The Balaban J connectivity index is 1.33. The molecule has 2 aromatic heterocycles. The summed E-state index contributed by atoms with van der Waals surface area (Å²) in [6.07, 6.45) is 1.63. The zero-order valence-corrected chi connectivity index (χ0v) is 18.6. The molecule has 0 aliphatic carbocycles. The normalized spacial score (nSPS) is 13.2. The van der Waals surface area contributed by atoms with E-state index in [1.54, 1.807) is 11.3 Å². The van der Waals surface area contributed by atoms with Crippen LogP contribution in [0.5, 0.6) is 0 Å². The fraction of sp³-hybridized carbons (Fsp3) is 0.208. The van der Waals surface area contributed by atoms with E-state index in [1.807, 2.05) is 35.2 Å². The molecule has 0 radical (unpaired) electrons. The second-order valence-electron chi connectivity index (χ2n) is 7.45. The minimum atomic E-state index is 0.141. The van der Waals surface area contributed by atoms with Crippen LogP contribution in [0.25, 0.3) is 5.69 Å². The Morgan fingerprint density at radius 2 is 1.77 bits per heavy atom. The van der Waals surface area contributed by atoms with Gasteiger partial charge in [0.1, 0.15) is 5.82 Å². The van der Waals surface area contributed by atoms with Crippen LogP contribution in [0, 0.1) is 0 Å². The Bertz CT molecular complexity index is 1170. The number of rotatable bonds is 6. The third-order valence-corrected chi connectivity index (χ3v) is 7.23. The summed E-state index contributed by atoms with van der Waals surface area (Å²) in [6.45, 7) is 1.45. The fourth-order valence-electron chi connectivity index (χ4n) is 3.84. The number of benzene rings is 2.